The smallest absolute Gasteiger partial charge is 0.450 e. The first-order valence-corrected chi connectivity index (χ1v) is 18.0. The number of unbranched alkanes of at least 4 members (excludes halogenated alkanes) is 4. The molecule has 0 amide bonds. The van der Waals surface area contributed by atoms with Crippen LogP contribution >= 0.6 is 0 Å². The van der Waals surface area contributed by atoms with Crippen molar-refractivity contribution >= 4 is 18.5 Å². The van der Waals surface area contributed by atoms with Crippen molar-refractivity contribution in [1.29, 1.82) is 0 Å². The van der Waals surface area contributed by atoms with E-state index >= 15 is 0 Å². The van der Waals surface area contributed by atoms with Gasteiger partial charge in [0.1, 0.15) is 23.0 Å². The SMILES string of the molecule is CC(C)CCCCCc1ccc(OC(=O)Oc2ccccc2)cc1.CC(C)CCCCCc1ccc(OC(=O)Oc2ccccc2)cc1.O=C(O)O. The van der Waals surface area contributed by atoms with Crippen molar-refractivity contribution < 1.29 is 43.5 Å². The summed E-state index contributed by atoms with van der Waals surface area (Å²) in [5.74, 6) is 3.52. The molecule has 0 saturated heterocycles. The third-order valence-electron chi connectivity index (χ3n) is 7.63. The van der Waals surface area contributed by atoms with Gasteiger partial charge in [0, 0.05) is 0 Å². The second-order valence-corrected chi connectivity index (χ2v) is 13.1. The molecule has 0 heterocycles. The van der Waals surface area contributed by atoms with E-state index in [9.17, 15) is 9.59 Å². The highest BCUT2D eigenvalue weighted by Gasteiger charge is 2.09. The van der Waals surface area contributed by atoms with E-state index in [2.05, 4.69) is 27.7 Å². The minimum Gasteiger partial charge on any atom is -0.450 e. The monoisotopic (exact) mass is 714 g/mol. The Balaban J connectivity index is 0.000000327. The second kappa shape index (κ2) is 25.6. The van der Waals surface area contributed by atoms with Crippen molar-refractivity contribution in [3.8, 4) is 23.0 Å². The van der Waals surface area contributed by atoms with Gasteiger partial charge in [0.25, 0.3) is 0 Å². The molecule has 0 radical (unpaired) electrons. The van der Waals surface area contributed by atoms with Gasteiger partial charge in [-0.3, -0.25) is 0 Å². The number of aryl methyl sites for hydroxylation is 2. The van der Waals surface area contributed by atoms with E-state index in [4.69, 9.17) is 34.0 Å². The summed E-state index contributed by atoms with van der Waals surface area (Å²) in [4.78, 5) is 32.0. The lowest BCUT2D eigenvalue weighted by atomic mass is 10.0. The van der Waals surface area contributed by atoms with Gasteiger partial charge in [-0.25, -0.2) is 14.4 Å². The molecular formula is C43H54O9. The average Bonchev–Trinajstić information content (AvgIpc) is 3.10. The molecule has 0 spiro atoms. The van der Waals surface area contributed by atoms with Crippen molar-refractivity contribution in [2.75, 3.05) is 0 Å². The van der Waals surface area contributed by atoms with E-state index in [1.54, 1.807) is 48.5 Å². The van der Waals surface area contributed by atoms with Gasteiger partial charge in [-0.15, -0.1) is 0 Å². The minimum atomic E-state index is -1.83. The summed E-state index contributed by atoms with van der Waals surface area (Å²) in [6.07, 6.45) is 8.97. The summed E-state index contributed by atoms with van der Waals surface area (Å²) in [6.45, 7) is 9.06. The van der Waals surface area contributed by atoms with Crippen molar-refractivity contribution in [3.05, 3.63) is 120 Å². The van der Waals surface area contributed by atoms with E-state index < -0.39 is 18.5 Å². The molecule has 0 saturated carbocycles. The van der Waals surface area contributed by atoms with Gasteiger partial charge in [-0.2, -0.15) is 0 Å². The highest BCUT2D eigenvalue weighted by atomic mass is 16.7. The van der Waals surface area contributed by atoms with Crippen LogP contribution in [0.1, 0.15) is 90.2 Å². The lowest BCUT2D eigenvalue weighted by Gasteiger charge is -2.07. The molecule has 4 aromatic carbocycles. The topological polar surface area (TPSA) is 129 Å². The molecule has 0 aliphatic carbocycles. The molecule has 0 atom stereocenters. The van der Waals surface area contributed by atoms with Gasteiger partial charge in [0.2, 0.25) is 0 Å². The predicted octanol–water partition coefficient (Wildman–Crippen LogP) is 12.3. The zero-order valence-corrected chi connectivity index (χ0v) is 30.9. The molecule has 0 bridgehead atoms. The molecule has 9 heteroatoms. The number of carboxylic acid groups (broad SMARTS) is 2. The van der Waals surface area contributed by atoms with Crippen LogP contribution in [0.2, 0.25) is 0 Å². The summed E-state index contributed by atoms with van der Waals surface area (Å²) in [7, 11) is 0. The number of ether oxygens (including phenoxy) is 4. The first kappa shape index (κ1) is 42.9. The Morgan fingerprint density at radius 1 is 0.442 bits per heavy atom. The standard InChI is InChI=1S/2C21H26O3.CH2O3/c2*1-17(2)9-5-3-6-10-18-13-15-20(16-14-18)24-21(22)23-19-11-7-4-8-12-19;2-1(3)4/h2*4,7-8,11-17H,3,5-6,9-10H2,1-2H3;(H2,2,3,4). The number of benzene rings is 4. The summed E-state index contributed by atoms with van der Waals surface area (Å²) in [6, 6.07) is 33.1. The molecule has 0 aliphatic heterocycles. The Morgan fingerprint density at radius 2 is 0.731 bits per heavy atom. The van der Waals surface area contributed by atoms with Crippen LogP contribution in [-0.2, 0) is 12.8 Å². The zero-order valence-electron chi connectivity index (χ0n) is 30.9. The second-order valence-electron chi connectivity index (χ2n) is 13.1. The number of carbonyl (C=O) groups is 3. The van der Waals surface area contributed by atoms with Crippen LogP contribution in [0.25, 0.3) is 0 Å². The first-order chi connectivity index (χ1) is 25.0. The van der Waals surface area contributed by atoms with Crippen molar-refractivity contribution in [3.63, 3.8) is 0 Å². The van der Waals surface area contributed by atoms with Crippen LogP contribution in [-0.4, -0.2) is 28.7 Å². The fourth-order valence-electron chi connectivity index (χ4n) is 4.97. The molecule has 4 rings (SSSR count). The predicted molar refractivity (Wildman–Crippen MR) is 204 cm³/mol. The Hall–Kier alpha value is -5.31. The van der Waals surface area contributed by atoms with Gasteiger partial charge in [0.15, 0.2) is 0 Å². The highest BCUT2D eigenvalue weighted by Crippen LogP contribution is 2.19. The van der Waals surface area contributed by atoms with E-state index in [1.165, 1.54) is 62.5 Å². The Kier molecular flexibility index (Phi) is 21.1. The van der Waals surface area contributed by atoms with Gasteiger partial charge in [-0.05, 0) is 97.2 Å². The molecule has 0 aliphatic rings. The molecule has 2 N–H and O–H groups in total. The number of hydrogen-bond acceptors (Lipinski definition) is 7. The van der Waals surface area contributed by atoms with E-state index in [-0.39, 0.29) is 0 Å². The third-order valence-corrected chi connectivity index (χ3v) is 7.63. The van der Waals surface area contributed by atoms with Crippen LogP contribution < -0.4 is 18.9 Å². The number of hydrogen-bond donors (Lipinski definition) is 2. The molecule has 0 unspecified atom stereocenters. The maximum absolute atomic E-state index is 11.7. The van der Waals surface area contributed by atoms with E-state index in [0.29, 0.717) is 23.0 Å². The summed E-state index contributed by atoms with van der Waals surface area (Å²) < 4.78 is 20.6. The molecule has 280 valence electrons. The Labute approximate surface area is 308 Å². The molecule has 0 fully saturated rings. The van der Waals surface area contributed by atoms with Gasteiger partial charge < -0.3 is 29.2 Å². The Bertz CT molecular complexity index is 1420. The highest BCUT2D eigenvalue weighted by molar-refractivity contribution is 5.67. The molecule has 4 aromatic rings. The maximum atomic E-state index is 11.7. The lowest BCUT2D eigenvalue weighted by Crippen LogP contribution is -2.13. The van der Waals surface area contributed by atoms with E-state index in [0.717, 1.165) is 24.7 Å². The van der Waals surface area contributed by atoms with Gasteiger partial charge in [-0.1, -0.05) is 127 Å². The minimum absolute atomic E-state index is 0.473. The lowest BCUT2D eigenvalue weighted by molar-refractivity contribution is 0.136. The van der Waals surface area contributed by atoms with E-state index in [1.807, 2.05) is 60.7 Å². The van der Waals surface area contributed by atoms with Crippen LogP contribution in [0.4, 0.5) is 14.4 Å². The maximum Gasteiger partial charge on any atom is 0.519 e. The Morgan fingerprint density at radius 3 is 1.02 bits per heavy atom. The molecule has 52 heavy (non-hydrogen) atoms. The quantitative estimate of drug-likeness (QED) is 0.0661. The number of rotatable bonds is 16. The van der Waals surface area contributed by atoms with Crippen LogP contribution in [0.3, 0.4) is 0 Å². The van der Waals surface area contributed by atoms with Crippen molar-refractivity contribution in [1.82, 2.24) is 0 Å². The molecule has 9 nitrogen and oxygen atoms in total. The average molecular weight is 715 g/mol. The van der Waals surface area contributed by atoms with Crippen molar-refractivity contribution in [2.45, 2.75) is 91.9 Å². The first-order valence-electron chi connectivity index (χ1n) is 18.0. The summed E-state index contributed by atoms with van der Waals surface area (Å²) in [5, 5.41) is 13.9. The fraction of sp³-hybridized carbons (Fsp3) is 0.372. The normalized spacial score (nSPS) is 10.3. The summed E-state index contributed by atoms with van der Waals surface area (Å²) in [5.41, 5.74) is 2.53. The summed E-state index contributed by atoms with van der Waals surface area (Å²) >= 11 is 0. The molecular weight excluding hydrogens is 660 g/mol. The largest absolute Gasteiger partial charge is 0.519 e. The molecule has 0 aromatic heterocycles. The van der Waals surface area contributed by atoms with Gasteiger partial charge in [0.05, 0.1) is 0 Å². The van der Waals surface area contributed by atoms with Crippen LogP contribution in [0, 0.1) is 11.8 Å². The van der Waals surface area contributed by atoms with Crippen LogP contribution in [0.5, 0.6) is 23.0 Å². The van der Waals surface area contributed by atoms with Crippen molar-refractivity contribution in [2.24, 2.45) is 11.8 Å². The van der Waals surface area contributed by atoms with Crippen LogP contribution in [0.15, 0.2) is 109 Å². The number of para-hydroxylation sites is 2. The fourth-order valence-corrected chi connectivity index (χ4v) is 4.97. The third kappa shape index (κ3) is 21.7. The number of carbonyl (C=O) groups excluding carboxylic acids is 2. The zero-order chi connectivity index (χ0) is 38.0. The van der Waals surface area contributed by atoms with Gasteiger partial charge >= 0.3 is 18.5 Å².